The van der Waals surface area contributed by atoms with Crippen molar-refractivity contribution in [3.8, 4) is 11.5 Å². The summed E-state index contributed by atoms with van der Waals surface area (Å²) in [5.74, 6) is 1.36. The van der Waals surface area contributed by atoms with Crippen LogP contribution in [-0.4, -0.2) is 34.8 Å². The van der Waals surface area contributed by atoms with Gasteiger partial charge in [-0.1, -0.05) is 84.4 Å². The number of carbonyl (C=O) groups excluding carboxylic acids is 1. The molecule has 5 rings (SSSR count). The highest BCUT2D eigenvalue weighted by atomic mass is 35.5. The number of piperidine rings is 1. The number of ether oxygens (including phenoxy) is 1. The van der Waals surface area contributed by atoms with Gasteiger partial charge in [-0.2, -0.15) is 0 Å². The van der Waals surface area contributed by atoms with Crippen LogP contribution in [0.5, 0.6) is 11.5 Å². The molecule has 1 fully saturated rings. The second-order valence-corrected chi connectivity index (χ2v) is 10.8. The van der Waals surface area contributed by atoms with Crippen LogP contribution in [0.4, 0.5) is 0 Å². The molecule has 1 unspecified atom stereocenters. The monoisotopic (exact) mass is 558 g/mol. The molecular formula is C33H32Cl2N2O2. The molecule has 0 bridgehead atoms. The molecule has 6 heteroatoms. The molecule has 0 radical (unpaired) electrons. The van der Waals surface area contributed by atoms with E-state index in [4.69, 9.17) is 27.9 Å². The predicted molar refractivity (Wildman–Crippen MR) is 158 cm³/mol. The van der Waals surface area contributed by atoms with E-state index in [0.29, 0.717) is 23.1 Å². The number of nitrogens with zero attached hydrogens (tertiary/aromatic N) is 2. The van der Waals surface area contributed by atoms with Crippen LogP contribution in [0.15, 0.2) is 109 Å². The quantitative estimate of drug-likeness (QED) is 0.194. The van der Waals surface area contributed by atoms with Crippen LogP contribution >= 0.6 is 23.2 Å². The summed E-state index contributed by atoms with van der Waals surface area (Å²) in [5.41, 5.74) is 3.13. The second kappa shape index (κ2) is 13.2. The molecule has 4 aromatic rings. The van der Waals surface area contributed by atoms with Gasteiger partial charge in [0.1, 0.15) is 16.9 Å². The standard InChI is InChI=1S/C33H32Cl2N2O2/c34-28-14-16-30(17-15-28)39-31-13-7-10-26(22-31)24-37(33(38)32(35)27-11-5-2-6-12-27)29-18-20-36(21-19-29)23-25-8-3-1-4-9-25/h1-17,22,29,32H,18-21,23-24H2. The number of carbonyl (C=O) groups is 1. The van der Waals surface area contributed by atoms with E-state index in [1.54, 1.807) is 12.1 Å². The van der Waals surface area contributed by atoms with Gasteiger partial charge in [0.2, 0.25) is 5.91 Å². The van der Waals surface area contributed by atoms with Crippen molar-refractivity contribution in [1.29, 1.82) is 0 Å². The molecule has 4 nitrogen and oxygen atoms in total. The smallest absolute Gasteiger partial charge is 0.245 e. The van der Waals surface area contributed by atoms with E-state index in [2.05, 4.69) is 29.2 Å². The molecular weight excluding hydrogens is 527 g/mol. The highest BCUT2D eigenvalue weighted by Gasteiger charge is 2.32. The maximum absolute atomic E-state index is 13.9. The molecule has 1 aliphatic heterocycles. The lowest BCUT2D eigenvalue weighted by molar-refractivity contribution is -0.135. The Hall–Kier alpha value is -3.31. The van der Waals surface area contributed by atoms with E-state index in [0.717, 1.165) is 43.6 Å². The largest absolute Gasteiger partial charge is 0.457 e. The Kier molecular flexibility index (Phi) is 9.20. The minimum absolute atomic E-state index is 0.0617. The molecule has 1 heterocycles. The average Bonchev–Trinajstić information content (AvgIpc) is 2.98. The Morgan fingerprint density at radius 1 is 0.821 bits per heavy atom. The predicted octanol–water partition coefficient (Wildman–Crippen LogP) is 8.11. The number of rotatable bonds is 9. The third-order valence-electron chi connectivity index (χ3n) is 7.14. The number of hydrogen-bond donors (Lipinski definition) is 0. The van der Waals surface area contributed by atoms with Gasteiger partial charge in [0.15, 0.2) is 0 Å². The van der Waals surface area contributed by atoms with Gasteiger partial charge in [-0.3, -0.25) is 9.69 Å². The van der Waals surface area contributed by atoms with Crippen LogP contribution in [0.25, 0.3) is 0 Å². The molecule has 4 aromatic carbocycles. The molecule has 0 saturated carbocycles. The van der Waals surface area contributed by atoms with Gasteiger partial charge in [-0.05, 0) is 65.9 Å². The SMILES string of the molecule is O=C(C(Cl)c1ccccc1)N(Cc1cccc(Oc2ccc(Cl)cc2)c1)C1CCN(Cc2ccccc2)CC1. The van der Waals surface area contributed by atoms with Crippen LogP contribution in [0.1, 0.15) is 34.9 Å². The van der Waals surface area contributed by atoms with Gasteiger partial charge < -0.3 is 9.64 Å². The summed E-state index contributed by atoms with van der Waals surface area (Å²) in [7, 11) is 0. The van der Waals surface area contributed by atoms with Crippen LogP contribution in [0.3, 0.4) is 0 Å². The summed E-state index contributed by atoms with van der Waals surface area (Å²) < 4.78 is 6.05. The van der Waals surface area contributed by atoms with Crippen LogP contribution in [-0.2, 0) is 17.9 Å². The first kappa shape index (κ1) is 27.3. The van der Waals surface area contributed by atoms with Crippen molar-refractivity contribution in [2.24, 2.45) is 0 Å². The molecule has 200 valence electrons. The van der Waals surface area contributed by atoms with E-state index in [9.17, 15) is 4.79 Å². The Balaban J connectivity index is 1.32. The molecule has 0 aromatic heterocycles. The minimum atomic E-state index is -0.734. The fourth-order valence-electron chi connectivity index (χ4n) is 5.07. The van der Waals surface area contributed by atoms with Crippen molar-refractivity contribution in [1.82, 2.24) is 9.80 Å². The van der Waals surface area contributed by atoms with Crippen LogP contribution in [0.2, 0.25) is 5.02 Å². The average molecular weight is 560 g/mol. The lowest BCUT2D eigenvalue weighted by Gasteiger charge is -2.39. The van der Waals surface area contributed by atoms with E-state index < -0.39 is 5.38 Å². The zero-order valence-corrected chi connectivity index (χ0v) is 23.3. The van der Waals surface area contributed by atoms with Crippen molar-refractivity contribution in [3.05, 3.63) is 131 Å². The van der Waals surface area contributed by atoms with Gasteiger partial charge >= 0.3 is 0 Å². The third kappa shape index (κ3) is 7.42. The summed E-state index contributed by atoms with van der Waals surface area (Å²) in [6.45, 7) is 3.26. The molecule has 1 atom stereocenters. The summed E-state index contributed by atoms with van der Waals surface area (Å²) in [5, 5.41) is -0.0730. The summed E-state index contributed by atoms with van der Waals surface area (Å²) in [6, 6.07) is 35.4. The topological polar surface area (TPSA) is 32.8 Å². The molecule has 1 amide bonds. The number of likely N-dealkylation sites (tertiary alicyclic amines) is 1. The van der Waals surface area contributed by atoms with Crippen molar-refractivity contribution in [2.45, 2.75) is 37.4 Å². The maximum Gasteiger partial charge on any atom is 0.245 e. The zero-order chi connectivity index (χ0) is 27.0. The minimum Gasteiger partial charge on any atom is -0.457 e. The Bertz CT molecular complexity index is 1340. The first-order chi connectivity index (χ1) is 19.0. The van der Waals surface area contributed by atoms with Gasteiger partial charge in [0, 0.05) is 37.2 Å². The fraction of sp³-hybridized carbons (Fsp3) is 0.242. The number of amides is 1. The van der Waals surface area contributed by atoms with E-state index in [1.807, 2.05) is 77.7 Å². The molecule has 0 N–H and O–H groups in total. The molecule has 1 aliphatic rings. The van der Waals surface area contributed by atoms with Gasteiger partial charge in [0.05, 0.1) is 0 Å². The van der Waals surface area contributed by atoms with E-state index >= 15 is 0 Å². The summed E-state index contributed by atoms with van der Waals surface area (Å²) >= 11 is 12.8. The summed E-state index contributed by atoms with van der Waals surface area (Å²) in [6.07, 6.45) is 1.80. The van der Waals surface area contributed by atoms with Crippen molar-refractivity contribution >= 4 is 29.1 Å². The summed E-state index contributed by atoms with van der Waals surface area (Å²) in [4.78, 5) is 18.3. The highest BCUT2D eigenvalue weighted by molar-refractivity contribution is 6.31. The number of halogens is 2. The van der Waals surface area contributed by atoms with Crippen LogP contribution < -0.4 is 4.74 Å². The van der Waals surface area contributed by atoms with Gasteiger partial charge in [-0.25, -0.2) is 0 Å². The van der Waals surface area contributed by atoms with Crippen molar-refractivity contribution < 1.29 is 9.53 Å². The van der Waals surface area contributed by atoms with Crippen molar-refractivity contribution in [3.63, 3.8) is 0 Å². The normalized spacial score (nSPS) is 15.0. The Morgan fingerprint density at radius 3 is 2.15 bits per heavy atom. The fourth-order valence-corrected chi connectivity index (χ4v) is 5.47. The van der Waals surface area contributed by atoms with Crippen molar-refractivity contribution in [2.75, 3.05) is 13.1 Å². The number of alkyl halides is 1. The second-order valence-electron chi connectivity index (χ2n) is 9.94. The molecule has 0 aliphatic carbocycles. The lowest BCUT2D eigenvalue weighted by Crippen LogP contribution is -2.47. The van der Waals surface area contributed by atoms with E-state index in [1.165, 1.54) is 5.56 Å². The maximum atomic E-state index is 13.9. The van der Waals surface area contributed by atoms with Gasteiger partial charge in [0.25, 0.3) is 0 Å². The zero-order valence-electron chi connectivity index (χ0n) is 21.8. The molecule has 1 saturated heterocycles. The Labute approximate surface area is 240 Å². The van der Waals surface area contributed by atoms with Crippen LogP contribution in [0, 0.1) is 0 Å². The first-order valence-electron chi connectivity index (χ1n) is 13.3. The number of hydrogen-bond acceptors (Lipinski definition) is 3. The Morgan fingerprint density at radius 2 is 1.46 bits per heavy atom. The third-order valence-corrected chi connectivity index (χ3v) is 7.83. The van der Waals surface area contributed by atoms with Gasteiger partial charge in [-0.15, -0.1) is 11.6 Å². The number of benzene rings is 4. The first-order valence-corrected chi connectivity index (χ1v) is 14.1. The lowest BCUT2D eigenvalue weighted by atomic mass is 10.00. The molecule has 0 spiro atoms. The molecule has 39 heavy (non-hydrogen) atoms. The van der Waals surface area contributed by atoms with E-state index in [-0.39, 0.29) is 11.9 Å². The highest BCUT2D eigenvalue weighted by Crippen LogP contribution is 2.30.